The molecule has 1 aromatic carbocycles. The van der Waals surface area contributed by atoms with Gasteiger partial charge in [-0.05, 0) is 19.1 Å². The maximum absolute atomic E-state index is 14.2. The summed E-state index contributed by atoms with van der Waals surface area (Å²) in [5.74, 6) is -1.40. The second kappa shape index (κ2) is 9.11. The van der Waals surface area contributed by atoms with E-state index in [9.17, 15) is 18.0 Å². The summed E-state index contributed by atoms with van der Waals surface area (Å²) in [6, 6.07) is 2.15. The first-order chi connectivity index (χ1) is 12.3. The van der Waals surface area contributed by atoms with Crippen LogP contribution in [0.1, 0.15) is 12.6 Å². The molecule has 1 heterocycles. The van der Waals surface area contributed by atoms with Crippen molar-refractivity contribution in [2.75, 3.05) is 13.2 Å². The Morgan fingerprint density at radius 1 is 1.35 bits per heavy atom. The van der Waals surface area contributed by atoms with Gasteiger partial charge in [0.1, 0.15) is 17.3 Å². The lowest BCUT2D eigenvalue weighted by Crippen LogP contribution is -2.14. The summed E-state index contributed by atoms with van der Waals surface area (Å²) in [7, 11) is 0. The molecule has 0 aliphatic heterocycles. The van der Waals surface area contributed by atoms with Crippen LogP contribution in [0, 0.1) is 5.82 Å². The van der Waals surface area contributed by atoms with Crippen molar-refractivity contribution in [2.24, 2.45) is 0 Å². The molecule has 2 aromatic rings. The summed E-state index contributed by atoms with van der Waals surface area (Å²) in [5, 5.41) is 6.04. The number of nitrogens with one attached hydrogen (secondary N) is 1. The minimum Gasteiger partial charge on any atom is -0.480 e. The van der Waals surface area contributed by atoms with Gasteiger partial charge in [0, 0.05) is 5.56 Å². The van der Waals surface area contributed by atoms with Crippen LogP contribution in [-0.4, -0.2) is 36.0 Å². The number of nitrogens with zero attached hydrogens (tertiary/aromatic N) is 1. The van der Waals surface area contributed by atoms with E-state index in [-0.39, 0.29) is 39.4 Å². The Morgan fingerprint density at radius 3 is 2.73 bits per heavy atom. The SMILES string of the molecule is CCOC(=O)COc1cc(-c2n[nH]c(COC(F)F)c2Cl)c(F)cc1Cl. The number of esters is 1. The van der Waals surface area contributed by atoms with Crippen molar-refractivity contribution in [3.05, 3.63) is 33.7 Å². The van der Waals surface area contributed by atoms with Gasteiger partial charge in [0.15, 0.2) is 6.61 Å². The van der Waals surface area contributed by atoms with E-state index in [4.69, 9.17) is 32.7 Å². The molecule has 142 valence electrons. The van der Waals surface area contributed by atoms with Gasteiger partial charge >= 0.3 is 12.6 Å². The van der Waals surface area contributed by atoms with Gasteiger partial charge in [-0.3, -0.25) is 5.10 Å². The highest BCUT2D eigenvalue weighted by Gasteiger charge is 2.20. The van der Waals surface area contributed by atoms with Crippen LogP contribution in [0.2, 0.25) is 10.0 Å². The molecule has 2 rings (SSSR count). The van der Waals surface area contributed by atoms with E-state index in [0.29, 0.717) is 0 Å². The second-order valence-electron chi connectivity index (χ2n) is 4.79. The van der Waals surface area contributed by atoms with Crippen molar-refractivity contribution in [3.8, 4) is 17.0 Å². The molecular weight excluding hydrogens is 400 g/mol. The zero-order valence-corrected chi connectivity index (χ0v) is 14.8. The van der Waals surface area contributed by atoms with Gasteiger partial charge in [0.25, 0.3) is 0 Å². The Morgan fingerprint density at radius 2 is 2.08 bits per heavy atom. The van der Waals surface area contributed by atoms with Gasteiger partial charge in [-0.25, -0.2) is 9.18 Å². The van der Waals surface area contributed by atoms with Crippen molar-refractivity contribution >= 4 is 29.2 Å². The molecule has 0 saturated carbocycles. The van der Waals surface area contributed by atoms with Crippen LogP contribution in [0.15, 0.2) is 12.1 Å². The number of benzene rings is 1. The smallest absolute Gasteiger partial charge is 0.345 e. The number of aromatic amines is 1. The Bertz CT molecular complexity index is 786. The Kier molecular flexibility index (Phi) is 7.13. The van der Waals surface area contributed by atoms with Gasteiger partial charge in [0.2, 0.25) is 0 Å². The molecule has 0 bridgehead atoms. The van der Waals surface area contributed by atoms with Crippen molar-refractivity contribution in [2.45, 2.75) is 20.1 Å². The number of rotatable bonds is 8. The zero-order valence-electron chi connectivity index (χ0n) is 13.3. The van der Waals surface area contributed by atoms with Crippen LogP contribution < -0.4 is 4.74 Å². The summed E-state index contributed by atoms with van der Waals surface area (Å²) >= 11 is 11.9. The lowest BCUT2D eigenvalue weighted by atomic mass is 10.1. The summed E-state index contributed by atoms with van der Waals surface area (Å²) in [6.45, 7) is -2.15. The second-order valence-corrected chi connectivity index (χ2v) is 5.58. The number of carbonyl (C=O) groups is 1. The Hall–Kier alpha value is -1.97. The number of hydrogen-bond acceptors (Lipinski definition) is 5. The van der Waals surface area contributed by atoms with Crippen LogP contribution in [0.4, 0.5) is 13.2 Å². The van der Waals surface area contributed by atoms with Gasteiger partial charge in [-0.1, -0.05) is 23.2 Å². The largest absolute Gasteiger partial charge is 0.480 e. The Labute approximate surface area is 156 Å². The number of ether oxygens (including phenoxy) is 3. The van der Waals surface area contributed by atoms with Crippen molar-refractivity contribution in [1.82, 2.24) is 10.2 Å². The first-order valence-corrected chi connectivity index (χ1v) is 7.99. The van der Waals surface area contributed by atoms with Crippen LogP contribution >= 0.6 is 23.2 Å². The average molecular weight is 413 g/mol. The fourth-order valence-corrected chi connectivity index (χ4v) is 2.39. The number of halogens is 5. The molecule has 0 radical (unpaired) electrons. The van der Waals surface area contributed by atoms with E-state index >= 15 is 0 Å². The predicted octanol–water partition coefficient (Wildman–Crippen LogP) is 4.20. The lowest BCUT2D eigenvalue weighted by Gasteiger charge is -2.10. The minimum absolute atomic E-state index is 0.000525. The van der Waals surface area contributed by atoms with Gasteiger partial charge in [-0.2, -0.15) is 13.9 Å². The monoisotopic (exact) mass is 412 g/mol. The molecular formula is C15H13Cl2F3N2O4. The summed E-state index contributed by atoms with van der Waals surface area (Å²) in [6.07, 6.45) is 0. The van der Waals surface area contributed by atoms with Gasteiger partial charge in [0.05, 0.1) is 29.0 Å². The lowest BCUT2D eigenvalue weighted by molar-refractivity contribution is -0.145. The molecule has 1 N–H and O–H groups in total. The van der Waals surface area contributed by atoms with E-state index in [1.807, 2.05) is 0 Å². The van der Waals surface area contributed by atoms with Gasteiger partial charge < -0.3 is 14.2 Å². The molecule has 0 aliphatic carbocycles. The third-order valence-corrected chi connectivity index (χ3v) is 3.76. The molecule has 0 fully saturated rings. The van der Waals surface area contributed by atoms with Crippen molar-refractivity contribution in [1.29, 1.82) is 0 Å². The van der Waals surface area contributed by atoms with Crippen LogP contribution in [0.3, 0.4) is 0 Å². The third-order valence-electron chi connectivity index (χ3n) is 3.06. The molecule has 0 atom stereocenters. The topological polar surface area (TPSA) is 73.4 Å². The molecule has 0 aliphatic rings. The molecule has 6 nitrogen and oxygen atoms in total. The number of H-pyrrole nitrogens is 1. The highest BCUT2D eigenvalue weighted by atomic mass is 35.5. The van der Waals surface area contributed by atoms with E-state index in [1.165, 1.54) is 6.07 Å². The molecule has 11 heteroatoms. The molecule has 1 aromatic heterocycles. The number of hydrogen-bond donors (Lipinski definition) is 1. The standard InChI is InChI=1S/C15H13Cl2F3N2O4/c1-2-24-12(23)6-25-11-3-7(9(18)4-8(11)16)14-13(17)10(21-22-14)5-26-15(19)20/h3-4,15H,2,5-6H2,1H3,(H,21,22). The van der Waals surface area contributed by atoms with Crippen LogP contribution in [-0.2, 0) is 20.9 Å². The molecule has 0 saturated heterocycles. The van der Waals surface area contributed by atoms with E-state index in [0.717, 1.165) is 6.07 Å². The number of carbonyl (C=O) groups excluding carboxylic acids is 1. The van der Waals surface area contributed by atoms with Gasteiger partial charge in [-0.15, -0.1) is 0 Å². The summed E-state index contributed by atoms with van der Waals surface area (Å²) in [5.41, 5.74) is -0.0993. The highest BCUT2D eigenvalue weighted by molar-refractivity contribution is 6.34. The Balaban J connectivity index is 2.26. The highest BCUT2D eigenvalue weighted by Crippen LogP contribution is 2.36. The van der Waals surface area contributed by atoms with Crippen molar-refractivity contribution < 1.29 is 32.2 Å². The van der Waals surface area contributed by atoms with E-state index in [2.05, 4.69) is 14.9 Å². The maximum Gasteiger partial charge on any atom is 0.345 e. The molecule has 0 unspecified atom stereocenters. The average Bonchev–Trinajstić information content (AvgIpc) is 2.93. The quantitative estimate of drug-likeness (QED) is 0.657. The maximum atomic E-state index is 14.2. The van der Waals surface area contributed by atoms with Crippen LogP contribution in [0.5, 0.6) is 5.75 Å². The number of aromatic nitrogens is 2. The summed E-state index contributed by atoms with van der Waals surface area (Å²) in [4.78, 5) is 11.4. The fourth-order valence-electron chi connectivity index (χ4n) is 1.95. The minimum atomic E-state index is -2.99. The molecule has 0 amide bonds. The van der Waals surface area contributed by atoms with Crippen molar-refractivity contribution in [3.63, 3.8) is 0 Å². The summed E-state index contributed by atoms with van der Waals surface area (Å²) < 4.78 is 52.6. The third kappa shape index (κ3) is 5.03. The van der Waals surface area contributed by atoms with E-state index < -0.39 is 31.6 Å². The normalized spacial score (nSPS) is 11.0. The first-order valence-electron chi connectivity index (χ1n) is 7.23. The number of alkyl halides is 2. The predicted molar refractivity (Wildman–Crippen MR) is 86.9 cm³/mol. The van der Waals surface area contributed by atoms with E-state index in [1.54, 1.807) is 6.92 Å². The molecule has 26 heavy (non-hydrogen) atoms. The van der Waals surface area contributed by atoms with Crippen LogP contribution in [0.25, 0.3) is 11.3 Å². The fraction of sp³-hybridized carbons (Fsp3) is 0.333. The zero-order chi connectivity index (χ0) is 19.3. The molecule has 0 spiro atoms. The first kappa shape index (κ1) is 20.3.